The molecule has 9 heteroatoms. The maximum atomic E-state index is 12.6. The Kier molecular flexibility index (Phi) is 6.71. The third-order valence-electron chi connectivity index (χ3n) is 3.59. The molecule has 0 spiro atoms. The van der Waals surface area contributed by atoms with E-state index in [1.807, 2.05) is 0 Å². The van der Waals surface area contributed by atoms with Gasteiger partial charge in [0.05, 0.1) is 30.2 Å². The molecule has 1 aromatic rings. The number of benzene rings is 1. The van der Waals surface area contributed by atoms with Crippen molar-refractivity contribution in [3.05, 3.63) is 27.1 Å². The second kappa shape index (κ2) is 8.59. The predicted molar refractivity (Wildman–Crippen MR) is 101 cm³/mol. The standard InChI is InChI=1S/C17H18BrNO6S/c1-5-25-16(21)9(2)19-15(20)13(26-17(19)22)8-10-6-11(18)14(24-4)12(7-10)23-3/h6-9H,5H2,1-4H3/b13-8+. The number of hydrogen-bond acceptors (Lipinski definition) is 7. The van der Waals surface area contributed by atoms with Gasteiger partial charge in [-0.1, -0.05) is 0 Å². The number of hydrogen-bond donors (Lipinski definition) is 0. The minimum Gasteiger partial charge on any atom is -0.493 e. The Labute approximate surface area is 163 Å². The molecule has 0 aromatic heterocycles. The second-order valence-electron chi connectivity index (χ2n) is 5.22. The number of carbonyl (C=O) groups is 3. The summed E-state index contributed by atoms with van der Waals surface area (Å²) in [4.78, 5) is 37.7. The van der Waals surface area contributed by atoms with Crippen molar-refractivity contribution in [2.75, 3.05) is 20.8 Å². The summed E-state index contributed by atoms with van der Waals surface area (Å²) < 4.78 is 16.1. The van der Waals surface area contributed by atoms with Gasteiger partial charge in [-0.3, -0.25) is 14.5 Å². The van der Waals surface area contributed by atoms with Gasteiger partial charge < -0.3 is 14.2 Å². The first-order valence-electron chi connectivity index (χ1n) is 7.69. The molecule has 0 saturated carbocycles. The van der Waals surface area contributed by atoms with E-state index < -0.39 is 23.2 Å². The molecule has 26 heavy (non-hydrogen) atoms. The number of rotatable bonds is 6. The monoisotopic (exact) mass is 443 g/mol. The van der Waals surface area contributed by atoms with Crippen LogP contribution in [0, 0.1) is 0 Å². The summed E-state index contributed by atoms with van der Waals surface area (Å²) in [5.41, 5.74) is 0.642. The molecular weight excluding hydrogens is 426 g/mol. The third-order valence-corrected chi connectivity index (χ3v) is 5.06. The molecule has 0 aliphatic carbocycles. The molecule has 2 amide bonds. The molecule has 140 valence electrons. The molecule has 1 aliphatic heterocycles. The van der Waals surface area contributed by atoms with Crippen molar-refractivity contribution < 1.29 is 28.6 Å². The van der Waals surface area contributed by atoms with Crippen LogP contribution in [0.3, 0.4) is 0 Å². The Balaban J connectivity index is 2.33. The average molecular weight is 444 g/mol. The van der Waals surface area contributed by atoms with Gasteiger partial charge >= 0.3 is 5.97 Å². The van der Waals surface area contributed by atoms with Gasteiger partial charge in [-0.2, -0.15) is 0 Å². The van der Waals surface area contributed by atoms with Crippen LogP contribution in [0.25, 0.3) is 6.08 Å². The van der Waals surface area contributed by atoms with E-state index in [9.17, 15) is 14.4 Å². The first-order valence-corrected chi connectivity index (χ1v) is 9.30. The second-order valence-corrected chi connectivity index (χ2v) is 7.07. The number of halogens is 1. The summed E-state index contributed by atoms with van der Waals surface area (Å²) in [6, 6.07) is 2.45. The zero-order chi connectivity index (χ0) is 19.4. The number of esters is 1. The van der Waals surface area contributed by atoms with E-state index in [4.69, 9.17) is 14.2 Å². The minimum atomic E-state index is -0.981. The number of thioether (sulfide) groups is 1. The highest BCUT2D eigenvalue weighted by Gasteiger charge is 2.41. The van der Waals surface area contributed by atoms with Gasteiger partial charge in [0.1, 0.15) is 6.04 Å². The Hall–Kier alpha value is -2.00. The maximum Gasteiger partial charge on any atom is 0.329 e. The third kappa shape index (κ3) is 4.04. The number of amides is 2. The molecule has 1 saturated heterocycles. The van der Waals surface area contributed by atoms with Crippen molar-refractivity contribution in [2.24, 2.45) is 0 Å². The normalized spacial score (nSPS) is 16.8. The van der Waals surface area contributed by atoms with Gasteiger partial charge in [-0.15, -0.1) is 0 Å². The van der Waals surface area contributed by atoms with Crippen molar-refractivity contribution >= 4 is 50.9 Å². The summed E-state index contributed by atoms with van der Waals surface area (Å²) >= 11 is 4.16. The molecule has 1 unspecified atom stereocenters. The molecular formula is C17H18BrNO6S. The zero-order valence-electron chi connectivity index (χ0n) is 14.7. The smallest absolute Gasteiger partial charge is 0.329 e. The van der Waals surface area contributed by atoms with Crippen LogP contribution in [0.1, 0.15) is 19.4 Å². The van der Waals surface area contributed by atoms with Crippen LogP contribution in [0.2, 0.25) is 0 Å². The topological polar surface area (TPSA) is 82.1 Å². The van der Waals surface area contributed by atoms with Crippen LogP contribution >= 0.6 is 27.7 Å². The SMILES string of the molecule is CCOC(=O)C(C)N1C(=O)S/C(=C/c2cc(Br)c(OC)c(OC)c2)C1=O. The first kappa shape index (κ1) is 20.3. The zero-order valence-corrected chi connectivity index (χ0v) is 17.1. The van der Waals surface area contributed by atoms with Crippen LogP contribution in [0.15, 0.2) is 21.5 Å². The molecule has 2 rings (SSSR count). The molecule has 0 bridgehead atoms. The highest BCUT2D eigenvalue weighted by atomic mass is 79.9. The lowest BCUT2D eigenvalue weighted by Gasteiger charge is -2.19. The number of imide groups is 1. The van der Waals surface area contributed by atoms with Crippen LogP contribution in [-0.2, 0) is 14.3 Å². The number of ether oxygens (including phenoxy) is 3. The Morgan fingerprint density at radius 1 is 1.31 bits per heavy atom. The molecule has 0 radical (unpaired) electrons. The summed E-state index contributed by atoms with van der Waals surface area (Å²) in [5, 5.41) is -0.513. The van der Waals surface area contributed by atoms with Gasteiger partial charge in [-0.05, 0) is 65.3 Å². The van der Waals surface area contributed by atoms with Crippen molar-refractivity contribution in [3.8, 4) is 11.5 Å². The molecule has 0 N–H and O–H groups in total. The number of nitrogens with zero attached hydrogens (tertiary/aromatic N) is 1. The fourth-order valence-electron chi connectivity index (χ4n) is 2.35. The fourth-order valence-corrected chi connectivity index (χ4v) is 3.88. The molecule has 1 aliphatic rings. The van der Waals surface area contributed by atoms with E-state index in [0.717, 1.165) is 16.7 Å². The van der Waals surface area contributed by atoms with Crippen molar-refractivity contribution in [1.82, 2.24) is 4.90 Å². The summed E-state index contributed by atoms with van der Waals surface area (Å²) in [6.07, 6.45) is 1.56. The number of carbonyl (C=O) groups excluding carboxylic acids is 3. The Morgan fingerprint density at radius 2 is 2.00 bits per heavy atom. The van der Waals surface area contributed by atoms with E-state index in [1.54, 1.807) is 25.1 Å². The van der Waals surface area contributed by atoms with E-state index in [0.29, 0.717) is 21.5 Å². The maximum absolute atomic E-state index is 12.6. The van der Waals surface area contributed by atoms with E-state index in [2.05, 4.69) is 15.9 Å². The van der Waals surface area contributed by atoms with Crippen LogP contribution in [0.4, 0.5) is 4.79 Å². The van der Waals surface area contributed by atoms with Gasteiger partial charge in [0.25, 0.3) is 11.1 Å². The lowest BCUT2D eigenvalue weighted by atomic mass is 10.1. The summed E-state index contributed by atoms with van der Waals surface area (Å²) in [7, 11) is 3.02. The fraction of sp³-hybridized carbons (Fsp3) is 0.353. The van der Waals surface area contributed by atoms with E-state index >= 15 is 0 Å². The largest absolute Gasteiger partial charge is 0.493 e. The van der Waals surface area contributed by atoms with Crippen molar-refractivity contribution in [2.45, 2.75) is 19.9 Å². The highest BCUT2D eigenvalue weighted by molar-refractivity contribution is 9.10. The van der Waals surface area contributed by atoms with Crippen LogP contribution in [0.5, 0.6) is 11.5 Å². The lowest BCUT2D eigenvalue weighted by molar-refractivity contribution is -0.150. The Morgan fingerprint density at radius 3 is 2.58 bits per heavy atom. The first-order chi connectivity index (χ1) is 12.3. The van der Waals surface area contributed by atoms with Crippen LogP contribution in [-0.4, -0.2) is 48.9 Å². The molecule has 1 atom stereocenters. The molecule has 1 aromatic carbocycles. The summed E-state index contributed by atoms with van der Waals surface area (Å²) in [6.45, 7) is 3.30. The van der Waals surface area contributed by atoms with E-state index in [-0.39, 0.29) is 11.5 Å². The van der Waals surface area contributed by atoms with E-state index in [1.165, 1.54) is 21.1 Å². The van der Waals surface area contributed by atoms with Gasteiger partial charge in [0, 0.05) is 0 Å². The minimum absolute atomic E-state index is 0.175. The quantitative estimate of drug-likeness (QED) is 0.491. The molecule has 7 nitrogen and oxygen atoms in total. The van der Waals surface area contributed by atoms with Gasteiger partial charge in [0.15, 0.2) is 11.5 Å². The number of methoxy groups -OCH3 is 2. The average Bonchev–Trinajstić information content (AvgIpc) is 2.87. The van der Waals surface area contributed by atoms with Crippen molar-refractivity contribution in [1.29, 1.82) is 0 Å². The summed E-state index contributed by atoms with van der Waals surface area (Å²) in [5.74, 6) is -0.155. The predicted octanol–water partition coefficient (Wildman–Crippen LogP) is 3.45. The molecule has 1 fully saturated rings. The Bertz CT molecular complexity index is 779. The highest BCUT2D eigenvalue weighted by Crippen LogP contribution is 2.39. The van der Waals surface area contributed by atoms with Gasteiger partial charge in [-0.25, -0.2) is 4.79 Å². The van der Waals surface area contributed by atoms with Crippen molar-refractivity contribution in [3.63, 3.8) is 0 Å². The van der Waals surface area contributed by atoms with Crippen LogP contribution < -0.4 is 9.47 Å². The van der Waals surface area contributed by atoms with Gasteiger partial charge in [0.2, 0.25) is 0 Å². The lowest BCUT2D eigenvalue weighted by Crippen LogP contribution is -2.42. The molecule has 1 heterocycles.